The van der Waals surface area contributed by atoms with Crippen LogP contribution in [0.5, 0.6) is 0 Å². The Bertz CT molecular complexity index is 316. The predicted molar refractivity (Wildman–Crippen MR) is 75.6 cm³/mol. The first-order valence-corrected chi connectivity index (χ1v) is 6.97. The zero-order chi connectivity index (χ0) is 13.4. The molecule has 0 aliphatic rings. The number of pyridine rings is 1. The van der Waals surface area contributed by atoms with Crippen molar-refractivity contribution in [3.63, 3.8) is 0 Å². The molecule has 3 nitrogen and oxygen atoms in total. The van der Waals surface area contributed by atoms with Crippen molar-refractivity contribution in [3.05, 3.63) is 30.1 Å². The highest BCUT2D eigenvalue weighted by Gasteiger charge is 2.20. The van der Waals surface area contributed by atoms with E-state index in [1.807, 2.05) is 18.3 Å². The third-order valence-corrected chi connectivity index (χ3v) is 3.46. The number of hydrogen-bond acceptors (Lipinski definition) is 3. The summed E-state index contributed by atoms with van der Waals surface area (Å²) in [4.78, 5) is 6.59. The van der Waals surface area contributed by atoms with Crippen LogP contribution >= 0.6 is 0 Å². The van der Waals surface area contributed by atoms with Gasteiger partial charge in [0.25, 0.3) is 0 Å². The molecule has 2 atom stereocenters. The van der Waals surface area contributed by atoms with Crippen LogP contribution in [0.4, 0.5) is 0 Å². The number of likely N-dealkylation sites (N-methyl/N-ethyl adjacent to an activating group) is 1. The topological polar surface area (TPSA) is 36.4 Å². The number of aromatic nitrogens is 1. The van der Waals surface area contributed by atoms with Crippen LogP contribution in [0.25, 0.3) is 0 Å². The standard InChI is InChI=1S/C15H26N2O/c1-4-8-15(18)14(5-2)17(3)12-10-13-9-6-7-11-16-13/h6-7,9,11,14-15,18H,4-5,8,10,12H2,1-3H3. The van der Waals surface area contributed by atoms with Crippen molar-refractivity contribution >= 4 is 0 Å². The van der Waals surface area contributed by atoms with Gasteiger partial charge in [0.1, 0.15) is 0 Å². The summed E-state index contributed by atoms with van der Waals surface area (Å²) in [6.07, 6.45) is 5.46. The van der Waals surface area contributed by atoms with E-state index in [2.05, 4.69) is 36.8 Å². The monoisotopic (exact) mass is 250 g/mol. The smallest absolute Gasteiger partial charge is 0.0695 e. The molecular weight excluding hydrogens is 224 g/mol. The van der Waals surface area contributed by atoms with Gasteiger partial charge in [-0.05, 0) is 32.0 Å². The van der Waals surface area contributed by atoms with Crippen molar-refractivity contribution in [1.82, 2.24) is 9.88 Å². The molecule has 1 aromatic rings. The second-order valence-corrected chi connectivity index (χ2v) is 4.88. The van der Waals surface area contributed by atoms with Crippen molar-refractivity contribution in [2.24, 2.45) is 0 Å². The van der Waals surface area contributed by atoms with Crippen LogP contribution in [-0.2, 0) is 6.42 Å². The van der Waals surface area contributed by atoms with Crippen LogP contribution in [0.1, 0.15) is 38.8 Å². The third kappa shape index (κ3) is 4.75. The van der Waals surface area contributed by atoms with Gasteiger partial charge in [-0.3, -0.25) is 4.98 Å². The number of nitrogens with zero attached hydrogens (tertiary/aromatic N) is 2. The average Bonchev–Trinajstić information content (AvgIpc) is 2.39. The highest BCUT2D eigenvalue weighted by Crippen LogP contribution is 2.12. The minimum atomic E-state index is -0.214. The molecule has 0 saturated carbocycles. The molecule has 0 amide bonds. The second kappa shape index (κ2) is 8.22. The Hall–Kier alpha value is -0.930. The molecule has 1 aromatic heterocycles. The van der Waals surface area contributed by atoms with Crippen LogP contribution in [-0.4, -0.2) is 40.7 Å². The summed E-state index contributed by atoms with van der Waals surface area (Å²) < 4.78 is 0. The van der Waals surface area contributed by atoms with Crippen LogP contribution in [0.15, 0.2) is 24.4 Å². The van der Waals surface area contributed by atoms with E-state index in [0.29, 0.717) is 0 Å². The van der Waals surface area contributed by atoms with Gasteiger partial charge in [-0.2, -0.15) is 0 Å². The third-order valence-electron chi connectivity index (χ3n) is 3.46. The van der Waals surface area contributed by atoms with E-state index < -0.39 is 0 Å². The lowest BCUT2D eigenvalue weighted by Crippen LogP contribution is -2.41. The summed E-state index contributed by atoms with van der Waals surface area (Å²) in [5.41, 5.74) is 1.11. The number of aliphatic hydroxyl groups is 1. The van der Waals surface area contributed by atoms with Crippen LogP contribution in [0.2, 0.25) is 0 Å². The SMILES string of the molecule is CCCC(O)C(CC)N(C)CCc1ccccn1. The Kier molecular flexibility index (Phi) is 6.91. The molecule has 0 aromatic carbocycles. The number of aliphatic hydroxyl groups excluding tert-OH is 1. The first-order chi connectivity index (χ1) is 8.69. The van der Waals surface area contributed by atoms with Gasteiger partial charge in [0.15, 0.2) is 0 Å². The minimum Gasteiger partial charge on any atom is -0.391 e. The Balaban J connectivity index is 2.44. The van der Waals surface area contributed by atoms with E-state index in [9.17, 15) is 5.11 Å². The summed E-state index contributed by atoms with van der Waals surface area (Å²) >= 11 is 0. The zero-order valence-electron chi connectivity index (χ0n) is 11.8. The molecule has 0 fully saturated rings. The zero-order valence-corrected chi connectivity index (χ0v) is 11.8. The van der Waals surface area contributed by atoms with Gasteiger partial charge < -0.3 is 10.0 Å². The molecule has 1 rings (SSSR count). The van der Waals surface area contributed by atoms with Gasteiger partial charge in [-0.1, -0.05) is 26.3 Å². The molecule has 102 valence electrons. The molecule has 0 aliphatic heterocycles. The van der Waals surface area contributed by atoms with E-state index in [1.54, 1.807) is 0 Å². The first-order valence-electron chi connectivity index (χ1n) is 6.97. The van der Waals surface area contributed by atoms with Crippen molar-refractivity contribution in [2.75, 3.05) is 13.6 Å². The summed E-state index contributed by atoms with van der Waals surface area (Å²) in [7, 11) is 2.09. The fraction of sp³-hybridized carbons (Fsp3) is 0.667. The lowest BCUT2D eigenvalue weighted by atomic mass is 10.0. The first kappa shape index (κ1) is 15.1. The highest BCUT2D eigenvalue weighted by molar-refractivity contribution is 5.03. The normalized spacial score (nSPS) is 14.7. The summed E-state index contributed by atoms with van der Waals surface area (Å²) in [6.45, 7) is 5.20. The second-order valence-electron chi connectivity index (χ2n) is 4.88. The fourth-order valence-corrected chi connectivity index (χ4v) is 2.37. The molecular formula is C15H26N2O. The molecule has 1 heterocycles. The average molecular weight is 250 g/mol. The summed E-state index contributed by atoms with van der Waals surface area (Å²) in [5, 5.41) is 10.1. The van der Waals surface area contributed by atoms with Gasteiger partial charge >= 0.3 is 0 Å². The van der Waals surface area contributed by atoms with E-state index in [-0.39, 0.29) is 12.1 Å². The number of hydrogen-bond donors (Lipinski definition) is 1. The minimum absolute atomic E-state index is 0.214. The molecule has 0 spiro atoms. The Morgan fingerprint density at radius 3 is 2.67 bits per heavy atom. The van der Waals surface area contributed by atoms with Crippen LogP contribution < -0.4 is 0 Å². The maximum atomic E-state index is 10.1. The van der Waals surface area contributed by atoms with Crippen molar-refractivity contribution < 1.29 is 5.11 Å². The Labute approximate surface area is 111 Å². The molecule has 0 bridgehead atoms. The van der Waals surface area contributed by atoms with Gasteiger partial charge in [-0.15, -0.1) is 0 Å². The van der Waals surface area contributed by atoms with Crippen LogP contribution in [0.3, 0.4) is 0 Å². The van der Waals surface area contributed by atoms with Crippen LogP contribution in [0, 0.1) is 0 Å². The lowest BCUT2D eigenvalue weighted by Gasteiger charge is -2.31. The Morgan fingerprint density at radius 1 is 1.33 bits per heavy atom. The molecule has 1 N–H and O–H groups in total. The molecule has 3 heteroatoms. The molecule has 0 radical (unpaired) electrons. The maximum Gasteiger partial charge on any atom is 0.0695 e. The quantitative estimate of drug-likeness (QED) is 0.770. The fourth-order valence-electron chi connectivity index (χ4n) is 2.37. The van der Waals surface area contributed by atoms with Crippen molar-refractivity contribution in [1.29, 1.82) is 0 Å². The van der Waals surface area contributed by atoms with Gasteiger partial charge in [0.2, 0.25) is 0 Å². The maximum absolute atomic E-state index is 10.1. The largest absolute Gasteiger partial charge is 0.391 e. The molecule has 0 aliphatic carbocycles. The Morgan fingerprint density at radius 2 is 2.11 bits per heavy atom. The summed E-state index contributed by atoms with van der Waals surface area (Å²) in [5.74, 6) is 0. The summed E-state index contributed by atoms with van der Waals surface area (Å²) in [6, 6.07) is 6.27. The van der Waals surface area contributed by atoms with E-state index in [4.69, 9.17) is 0 Å². The lowest BCUT2D eigenvalue weighted by molar-refractivity contribution is 0.0546. The van der Waals surface area contributed by atoms with E-state index in [0.717, 1.165) is 37.9 Å². The molecule has 18 heavy (non-hydrogen) atoms. The van der Waals surface area contributed by atoms with Crippen molar-refractivity contribution in [3.8, 4) is 0 Å². The molecule has 2 unspecified atom stereocenters. The van der Waals surface area contributed by atoms with Gasteiger partial charge in [-0.25, -0.2) is 0 Å². The predicted octanol–water partition coefficient (Wildman–Crippen LogP) is 2.50. The van der Waals surface area contributed by atoms with Gasteiger partial charge in [0.05, 0.1) is 6.10 Å². The molecule has 0 saturated heterocycles. The van der Waals surface area contributed by atoms with E-state index >= 15 is 0 Å². The number of rotatable bonds is 8. The highest BCUT2D eigenvalue weighted by atomic mass is 16.3. The van der Waals surface area contributed by atoms with E-state index in [1.165, 1.54) is 0 Å². The van der Waals surface area contributed by atoms with Crippen molar-refractivity contribution in [2.45, 2.75) is 51.7 Å². The van der Waals surface area contributed by atoms with Gasteiger partial charge in [0, 0.05) is 30.9 Å².